The highest BCUT2D eigenvalue weighted by molar-refractivity contribution is 7.17. The van der Waals surface area contributed by atoms with E-state index in [4.69, 9.17) is 5.11 Å². The molecule has 7 heteroatoms. The minimum atomic E-state index is -1.18. The van der Waals surface area contributed by atoms with E-state index in [0.29, 0.717) is 11.7 Å². The molecule has 20 heavy (non-hydrogen) atoms. The first-order valence-electron chi connectivity index (χ1n) is 6.07. The molecule has 0 saturated heterocycles. The number of thiazole rings is 1. The number of hydrogen-bond donors (Lipinski definition) is 2. The van der Waals surface area contributed by atoms with Crippen molar-refractivity contribution in [2.75, 3.05) is 5.32 Å². The molecule has 0 bridgehead atoms. The van der Waals surface area contributed by atoms with Crippen molar-refractivity contribution < 1.29 is 14.7 Å². The fraction of sp³-hybridized carbons (Fsp3) is 0.308. The minimum Gasteiger partial charge on any atom is -0.476 e. The summed E-state index contributed by atoms with van der Waals surface area (Å²) in [6, 6.07) is 2.08. The van der Waals surface area contributed by atoms with Gasteiger partial charge in [0.15, 0.2) is 16.6 Å². The Morgan fingerprint density at radius 2 is 2.20 bits per heavy atom. The van der Waals surface area contributed by atoms with Crippen molar-refractivity contribution in [2.24, 2.45) is 0 Å². The Balaban J connectivity index is 2.16. The minimum absolute atomic E-state index is 0.174. The number of nitrogens with zero attached hydrogens (tertiary/aromatic N) is 1. The maximum atomic E-state index is 11.4. The molecule has 2 rings (SSSR count). The van der Waals surface area contributed by atoms with Gasteiger partial charge in [-0.2, -0.15) is 0 Å². The van der Waals surface area contributed by atoms with E-state index in [1.807, 2.05) is 5.38 Å². The Morgan fingerprint density at radius 1 is 1.45 bits per heavy atom. The number of carbonyl (C=O) groups excluding carboxylic acids is 1. The molecule has 5 nitrogen and oxygen atoms in total. The van der Waals surface area contributed by atoms with Gasteiger partial charge in [-0.25, -0.2) is 9.78 Å². The normalized spacial score (nSPS) is 10.5. The van der Waals surface area contributed by atoms with Gasteiger partial charge in [0.1, 0.15) is 4.88 Å². The number of carbonyl (C=O) groups is 2. The molecule has 0 spiro atoms. The van der Waals surface area contributed by atoms with Crippen LogP contribution in [0.2, 0.25) is 0 Å². The van der Waals surface area contributed by atoms with Crippen LogP contribution in [0, 0.1) is 0 Å². The molecule has 0 aliphatic rings. The largest absolute Gasteiger partial charge is 0.476 e. The molecule has 0 atom stereocenters. The summed E-state index contributed by atoms with van der Waals surface area (Å²) in [5.41, 5.74) is 1.09. The maximum absolute atomic E-state index is 11.4. The number of thiophene rings is 1. The summed E-state index contributed by atoms with van der Waals surface area (Å²) >= 11 is 2.73. The summed E-state index contributed by atoms with van der Waals surface area (Å²) in [5.74, 6) is -1.46. The van der Waals surface area contributed by atoms with Crippen molar-refractivity contribution in [3.63, 3.8) is 0 Å². The lowest BCUT2D eigenvalue weighted by Gasteiger charge is -2.02. The summed E-state index contributed by atoms with van der Waals surface area (Å²) in [7, 11) is 0. The number of carboxylic acids is 1. The third-order valence-electron chi connectivity index (χ3n) is 2.77. The molecular weight excluding hydrogens is 296 g/mol. The SMILES string of the molecule is CCc1ccsc1CNc1nc(C(=O)O)c(C(C)=O)s1. The highest BCUT2D eigenvalue weighted by Crippen LogP contribution is 2.25. The van der Waals surface area contributed by atoms with Crippen LogP contribution in [0.25, 0.3) is 0 Å². The number of carboxylic acid groups (broad SMARTS) is 1. The number of aryl methyl sites for hydroxylation is 1. The first kappa shape index (κ1) is 14.7. The van der Waals surface area contributed by atoms with E-state index in [1.54, 1.807) is 11.3 Å². The monoisotopic (exact) mass is 310 g/mol. The summed E-state index contributed by atoms with van der Waals surface area (Å²) < 4.78 is 0. The Morgan fingerprint density at radius 3 is 2.75 bits per heavy atom. The topological polar surface area (TPSA) is 79.3 Å². The van der Waals surface area contributed by atoms with E-state index >= 15 is 0 Å². The second-order valence-corrected chi connectivity index (χ2v) is 6.13. The van der Waals surface area contributed by atoms with Gasteiger partial charge in [-0.15, -0.1) is 11.3 Å². The van der Waals surface area contributed by atoms with Crippen LogP contribution in [0.3, 0.4) is 0 Å². The maximum Gasteiger partial charge on any atom is 0.356 e. The lowest BCUT2D eigenvalue weighted by Crippen LogP contribution is -2.04. The quantitative estimate of drug-likeness (QED) is 0.800. The number of nitrogens with one attached hydrogen (secondary N) is 1. The van der Waals surface area contributed by atoms with Crippen LogP contribution in [-0.2, 0) is 13.0 Å². The van der Waals surface area contributed by atoms with Crippen LogP contribution in [0.1, 0.15) is 44.4 Å². The van der Waals surface area contributed by atoms with Gasteiger partial charge < -0.3 is 10.4 Å². The lowest BCUT2D eigenvalue weighted by atomic mass is 10.2. The first-order chi connectivity index (χ1) is 9.52. The van der Waals surface area contributed by atoms with Gasteiger partial charge in [0.25, 0.3) is 0 Å². The van der Waals surface area contributed by atoms with Crippen LogP contribution in [-0.4, -0.2) is 21.8 Å². The molecule has 0 unspecified atom stereocenters. The average Bonchev–Trinajstić information content (AvgIpc) is 3.02. The summed E-state index contributed by atoms with van der Waals surface area (Å²) in [6.07, 6.45) is 0.956. The van der Waals surface area contributed by atoms with Crippen LogP contribution in [0.15, 0.2) is 11.4 Å². The molecule has 2 heterocycles. The molecule has 0 amide bonds. The van der Waals surface area contributed by atoms with Gasteiger partial charge in [-0.1, -0.05) is 18.3 Å². The Labute approximate surface area is 124 Å². The summed E-state index contributed by atoms with van der Waals surface area (Å²) in [5, 5.41) is 14.6. The number of hydrogen-bond acceptors (Lipinski definition) is 6. The Bertz CT molecular complexity index is 614. The van der Waals surface area contributed by atoms with Crippen molar-refractivity contribution in [1.82, 2.24) is 4.98 Å². The molecule has 0 fully saturated rings. The Hall–Kier alpha value is -1.73. The highest BCUT2D eigenvalue weighted by Gasteiger charge is 2.20. The third kappa shape index (κ3) is 3.05. The molecule has 0 radical (unpaired) electrons. The number of aromatic carboxylic acids is 1. The zero-order chi connectivity index (χ0) is 14.7. The van der Waals surface area contributed by atoms with Gasteiger partial charge >= 0.3 is 5.97 Å². The Kier molecular flexibility index (Phi) is 4.51. The van der Waals surface area contributed by atoms with Crippen molar-refractivity contribution in [2.45, 2.75) is 26.8 Å². The molecular formula is C13H14N2O3S2. The first-order valence-corrected chi connectivity index (χ1v) is 7.76. The molecule has 106 valence electrons. The van der Waals surface area contributed by atoms with Crippen molar-refractivity contribution >= 4 is 39.6 Å². The lowest BCUT2D eigenvalue weighted by molar-refractivity contribution is 0.0687. The average molecular weight is 310 g/mol. The smallest absolute Gasteiger partial charge is 0.356 e. The number of Topliss-reactive ketones (excluding diaryl/α,β-unsaturated/α-hetero) is 1. The van der Waals surface area contributed by atoms with Crippen LogP contribution in [0.5, 0.6) is 0 Å². The van der Waals surface area contributed by atoms with E-state index in [9.17, 15) is 9.59 Å². The number of rotatable bonds is 6. The van der Waals surface area contributed by atoms with Gasteiger partial charge in [-0.05, 0) is 23.4 Å². The van der Waals surface area contributed by atoms with Gasteiger partial charge in [0, 0.05) is 11.8 Å². The van der Waals surface area contributed by atoms with E-state index in [-0.39, 0.29) is 16.4 Å². The summed E-state index contributed by atoms with van der Waals surface area (Å²) in [6.45, 7) is 4.02. The van der Waals surface area contributed by atoms with Crippen LogP contribution in [0.4, 0.5) is 5.13 Å². The molecule has 2 aromatic heterocycles. The van der Waals surface area contributed by atoms with E-state index in [2.05, 4.69) is 23.3 Å². The zero-order valence-electron chi connectivity index (χ0n) is 11.1. The predicted molar refractivity (Wildman–Crippen MR) is 80.1 cm³/mol. The summed E-state index contributed by atoms with van der Waals surface area (Å²) in [4.78, 5) is 27.8. The fourth-order valence-corrected chi connectivity index (χ4v) is 3.54. The van der Waals surface area contributed by atoms with Crippen LogP contribution < -0.4 is 5.32 Å². The predicted octanol–water partition coefficient (Wildman–Crippen LogP) is 3.28. The molecule has 0 aliphatic heterocycles. The number of anilines is 1. The highest BCUT2D eigenvalue weighted by atomic mass is 32.1. The zero-order valence-corrected chi connectivity index (χ0v) is 12.7. The third-order valence-corrected chi connectivity index (χ3v) is 4.85. The van der Waals surface area contributed by atoms with Gasteiger partial charge in [-0.3, -0.25) is 4.79 Å². The number of ketones is 1. The fourth-order valence-electron chi connectivity index (χ4n) is 1.77. The van der Waals surface area contributed by atoms with Gasteiger partial charge in [0.05, 0.1) is 6.54 Å². The molecule has 0 aromatic carbocycles. The van der Waals surface area contributed by atoms with E-state index < -0.39 is 5.97 Å². The molecule has 0 aliphatic carbocycles. The standard InChI is InChI=1S/C13H14N2O3S2/c1-3-8-4-5-19-9(8)6-14-13-15-10(12(17)18)11(20-13)7(2)16/h4-5H,3,6H2,1-2H3,(H,14,15)(H,17,18). The molecule has 2 N–H and O–H groups in total. The van der Waals surface area contributed by atoms with Crippen molar-refractivity contribution in [3.05, 3.63) is 32.5 Å². The van der Waals surface area contributed by atoms with Gasteiger partial charge in [0.2, 0.25) is 0 Å². The van der Waals surface area contributed by atoms with E-state index in [1.165, 1.54) is 17.4 Å². The second-order valence-electron chi connectivity index (χ2n) is 4.13. The molecule has 2 aromatic rings. The van der Waals surface area contributed by atoms with Crippen molar-refractivity contribution in [3.8, 4) is 0 Å². The molecule has 0 saturated carbocycles. The second kappa shape index (κ2) is 6.15. The van der Waals surface area contributed by atoms with Crippen molar-refractivity contribution in [1.29, 1.82) is 0 Å². The van der Waals surface area contributed by atoms with E-state index in [0.717, 1.165) is 17.8 Å². The van der Waals surface area contributed by atoms with Crippen LogP contribution >= 0.6 is 22.7 Å². The number of aromatic nitrogens is 1.